The van der Waals surface area contributed by atoms with Crippen molar-refractivity contribution in [3.63, 3.8) is 0 Å². The van der Waals surface area contributed by atoms with Gasteiger partial charge in [-0.2, -0.15) is 0 Å². The summed E-state index contributed by atoms with van der Waals surface area (Å²) in [4.78, 5) is 38.9. The standard InChI is InChI=1S/C22H22N6O3/c23-20-19(26-16(13-25-20)14-4-2-1-3-5-14)21(29)27-17-12-24-9-6-18(17)28-10-7-15(8-11-28)22(30)31/h1-6,9,12-13,15H,7-8,10-11H2,(H2,23,25)(H,27,29)(H,30,31). The summed E-state index contributed by atoms with van der Waals surface area (Å²) < 4.78 is 0. The molecule has 1 saturated heterocycles. The number of aromatic nitrogens is 3. The van der Waals surface area contributed by atoms with E-state index in [0.717, 1.165) is 11.3 Å². The smallest absolute Gasteiger partial charge is 0.306 e. The molecule has 1 amide bonds. The van der Waals surface area contributed by atoms with Crippen LogP contribution in [0.5, 0.6) is 0 Å². The maximum atomic E-state index is 13.0. The molecule has 1 aliphatic heterocycles. The van der Waals surface area contributed by atoms with Crippen LogP contribution in [0.1, 0.15) is 23.3 Å². The van der Waals surface area contributed by atoms with E-state index >= 15 is 0 Å². The number of nitrogen functional groups attached to an aromatic ring is 1. The number of nitrogens with zero attached hydrogens (tertiary/aromatic N) is 4. The molecule has 0 atom stereocenters. The molecule has 1 aliphatic rings. The number of carbonyl (C=O) groups excluding carboxylic acids is 1. The van der Waals surface area contributed by atoms with E-state index in [2.05, 4.69) is 20.3 Å². The number of hydrogen-bond donors (Lipinski definition) is 3. The van der Waals surface area contributed by atoms with Gasteiger partial charge in [0.1, 0.15) is 0 Å². The van der Waals surface area contributed by atoms with E-state index in [4.69, 9.17) is 5.73 Å². The lowest BCUT2D eigenvalue weighted by Crippen LogP contribution is -2.36. The van der Waals surface area contributed by atoms with Crippen molar-refractivity contribution in [3.05, 3.63) is 60.7 Å². The molecule has 1 fully saturated rings. The van der Waals surface area contributed by atoms with Crippen LogP contribution in [-0.4, -0.2) is 45.0 Å². The minimum atomic E-state index is -0.768. The summed E-state index contributed by atoms with van der Waals surface area (Å²) in [5.41, 5.74) is 8.61. The third-order valence-electron chi connectivity index (χ3n) is 5.32. The number of carboxylic acid groups (broad SMARTS) is 1. The summed E-state index contributed by atoms with van der Waals surface area (Å²) in [6.07, 6.45) is 5.81. The monoisotopic (exact) mass is 418 g/mol. The first-order chi connectivity index (χ1) is 15.0. The molecular weight excluding hydrogens is 396 g/mol. The number of nitrogens with one attached hydrogen (secondary N) is 1. The van der Waals surface area contributed by atoms with Crippen LogP contribution < -0.4 is 16.0 Å². The molecule has 31 heavy (non-hydrogen) atoms. The van der Waals surface area contributed by atoms with E-state index in [9.17, 15) is 14.7 Å². The highest BCUT2D eigenvalue weighted by Crippen LogP contribution is 2.30. The SMILES string of the molecule is Nc1ncc(-c2ccccc2)nc1C(=O)Nc1cnccc1N1CCC(C(=O)O)CC1. The lowest BCUT2D eigenvalue weighted by atomic mass is 9.97. The average molecular weight is 418 g/mol. The maximum absolute atomic E-state index is 13.0. The van der Waals surface area contributed by atoms with Gasteiger partial charge in [-0.25, -0.2) is 9.97 Å². The number of carbonyl (C=O) groups is 2. The van der Waals surface area contributed by atoms with Crippen LogP contribution in [0, 0.1) is 5.92 Å². The first-order valence-electron chi connectivity index (χ1n) is 9.94. The van der Waals surface area contributed by atoms with Gasteiger partial charge in [0.15, 0.2) is 11.5 Å². The van der Waals surface area contributed by atoms with E-state index in [-0.39, 0.29) is 17.4 Å². The Balaban J connectivity index is 1.56. The van der Waals surface area contributed by atoms with Gasteiger partial charge in [0, 0.05) is 24.8 Å². The molecule has 0 bridgehead atoms. The molecule has 9 nitrogen and oxygen atoms in total. The number of carboxylic acids is 1. The normalized spacial score (nSPS) is 14.3. The fraction of sp³-hybridized carbons (Fsp3) is 0.227. The lowest BCUT2D eigenvalue weighted by Gasteiger charge is -2.33. The van der Waals surface area contributed by atoms with Crippen LogP contribution in [-0.2, 0) is 4.79 Å². The lowest BCUT2D eigenvalue weighted by molar-refractivity contribution is -0.142. The third kappa shape index (κ3) is 4.45. The van der Waals surface area contributed by atoms with Gasteiger partial charge < -0.3 is 21.1 Å². The van der Waals surface area contributed by atoms with Crippen LogP contribution in [0.25, 0.3) is 11.3 Å². The van der Waals surface area contributed by atoms with Gasteiger partial charge in [0.05, 0.1) is 35.4 Å². The molecule has 3 aromatic rings. The minimum absolute atomic E-state index is 0.0285. The highest BCUT2D eigenvalue weighted by atomic mass is 16.4. The Morgan fingerprint density at radius 2 is 1.84 bits per heavy atom. The van der Waals surface area contributed by atoms with E-state index in [1.165, 1.54) is 6.20 Å². The van der Waals surface area contributed by atoms with Gasteiger partial charge in [-0.1, -0.05) is 30.3 Å². The van der Waals surface area contributed by atoms with Crippen molar-refractivity contribution in [2.75, 3.05) is 29.0 Å². The highest BCUT2D eigenvalue weighted by molar-refractivity contribution is 6.07. The Labute approximate surface area is 179 Å². The van der Waals surface area contributed by atoms with E-state index in [1.807, 2.05) is 35.2 Å². The van der Waals surface area contributed by atoms with Gasteiger partial charge in [0.25, 0.3) is 5.91 Å². The molecule has 0 aliphatic carbocycles. The van der Waals surface area contributed by atoms with Crippen molar-refractivity contribution in [1.29, 1.82) is 0 Å². The van der Waals surface area contributed by atoms with Gasteiger partial charge in [-0.15, -0.1) is 0 Å². The second kappa shape index (κ2) is 8.78. The van der Waals surface area contributed by atoms with Crippen LogP contribution in [0.15, 0.2) is 55.0 Å². The Bertz CT molecular complexity index is 1100. The molecule has 9 heteroatoms. The first-order valence-corrected chi connectivity index (χ1v) is 9.94. The highest BCUT2D eigenvalue weighted by Gasteiger charge is 2.26. The predicted molar refractivity (Wildman–Crippen MR) is 117 cm³/mol. The summed E-state index contributed by atoms with van der Waals surface area (Å²) in [5, 5.41) is 12.1. The van der Waals surface area contributed by atoms with Gasteiger partial charge in [-0.3, -0.25) is 14.6 Å². The number of anilines is 3. The third-order valence-corrected chi connectivity index (χ3v) is 5.32. The molecule has 4 rings (SSSR count). The Morgan fingerprint density at radius 1 is 1.10 bits per heavy atom. The van der Waals surface area contributed by atoms with E-state index in [1.54, 1.807) is 18.5 Å². The van der Waals surface area contributed by atoms with Gasteiger partial charge in [-0.05, 0) is 18.9 Å². The zero-order valence-electron chi connectivity index (χ0n) is 16.7. The molecule has 0 unspecified atom stereocenters. The number of benzene rings is 1. The molecule has 2 aromatic heterocycles. The Morgan fingerprint density at radius 3 is 2.55 bits per heavy atom. The molecule has 0 saturated carbocycles. The van der Waals surface area contributed by atoms with Crippen molar-refractivity contribution >= 4 is 29.1 Å². The number of aliphatic carboxylic acids is 1. The summed E-state index contributed by atoms with van der Waals surface area (Å²) in [6, 6.07) is 11.2. The van der Waals surface area contributed by atoms with Crippen molar-refractivity contribution < 1.29 is 14.7 Å². The summed E-state index contributed by atoms with van der Waals surface area (Å²) in [5.74, 6) is -1.57. The number of piperidine rings is 1. The number of pyridine rings is 1. The van der Waals surface area contributed by atoms with Gasteiger partial charge >= 0.3 is 5.97 Å². The van der Waals surface area contributed by atoms with Crippen LogP contribution in [0.2, 0.25) is 0 Å². The Kier molecular flexibility index (Phi) is 5.74. The number of rotatable bonds is 5. The average Bonchev–Trinajstić information content (AvgIpc) is 2.80. The second-order valence-corrected chi connectivity index (χ2v) is 7.30. The predicted octanol–water partition coefficient (Wildman–Crippen LogP) is 2.67. The van der Waals surface area contributed by atoms with Crippen LogP contribution >= 0.6 is 0 Å². The minimum Gasteiger partial charge on any atom is -0.481 e. The summed E-state index contributed by atoms with van der Waals surface area (Å²) in [6.45, 7) is 1.16. The molecule has 4 N–H and O–H groups in total. The topological polar surface area (TPSA) is 134 Å². The Hall–Kier alpha value is -4.01. The number of hydrogen-bond acceptors (Lipinski definition) is 7. The molecular formula is C22H22N6O3. The van der Waals surface area contributed by atoms with Crippen LogP contribution in [0.4, 0.5) is 17.2 Å². The number of amides is 1. The molecule has 0 spiro atoms. The quantitative estimate of drug-likeness (QED) is 0.576. The van der Waals surface area contributed by atoms with Crippen molar-refractivity contribution in [3.8, 4) is 11.3 Å². The molecule has 0 radical (unpaired) electrons. The zero-order chi connectivity index (χ0) is 21.8. The maximum Gasteiger partial charge on any atom is 0.306 e. The second-order valence-electron chi connectivity index (χ2n) is 7.30. The molecule has 158 valence electrons. The fourth-order valence-corrected chi connectivity index (χ4v) is 3.62. The van der Waals surface area contributed by atoms with Crippen molar-refractivity contribution in [2.24, 2.45) is 5.92 Å². The fourth-order valence-electron chi connectivity index (χ4n) is 3.62. The first kappa shape index (κ1) is 20.3. The number of nitrogens with two attached hydrogens (primary N) is 1. The van der Waals surface area contributed by atoms with Gasteiger partial charge in [0.2, 0.25) is 0 Å². The van der Waals surface area contributed by atoms with Crippen LogP contribution in [0.3, 0.4) is 0 Å². The summed E-state index contributed by atoms with van der Waals surface area (Å²) >= 11 is 0. The largest absolute Gasteiger partial charge is 0.481 e. The van der Waals surface area contributed by atoms with E-state index < -0.39 is 11.9 Å². The van der Waals surface area contributed by atoms with E-state index in [0.29, 0.717) is 37.3 Å². The summed E-state index contributed by atoms with van der Waals surface area (Å²) in [7, 11) is 0. The van der Waals surface area contributed by atoms with Crippen molar-refractivity contribution in [2.45, 2.75) is 12.8 Å². The zero-order valence-corrected chi connectivity index (χ0v) is 16.7. The molecule has 3 heterocycles. The molecule has 1 aromatic carbocycles. The van der Waals surface area contributed by atoms with Crippen molar-refractivity contribution in [1.82, 2.24) is 15.0 Å².